The summed E-state index contributed by atoms with van der Waals surface area (Å²) in [6.07, 6.45) is -1.06. The lowest BCUT2D eigenvalue weighted by Crippen LogP contribution is -2.58. The first kappa shape index (κ1) is 30.0. The molecule has 198 valence electrons. The van der Waals surface area contributed by atoms with Crippen LogP contribution in [0.1, 0.15) is 38.7 Å². The van der Waals surface area contributed by atoms with E-state index in [0.29, 0.717) is 12.0 Å². The summed E-state index contributed by atoms with van der Waals surface area (Å²) in [5, 5.41) is 25.4. The summed E-state index contributed by atoms with van der Waals surface area (Å²) in [5.41, 5.74) is 11.6. The average molecular weight is 508 g/mol. The van der Waals surface area contributed by atoms with Crippen molar-refractivity contribution in [2.75, 3.05) is 0 Å². The molecule has 13 heteroatoms. The minimum absolute atomic E-state index is 0.0937. The largest absolute Gasteiger partial charge is 0.481 e. The Balaban J connectivity index is 3.03. The van der Waals surface area contributed by atoms with Gasteiger partial charge in [-0.25, -0.2) is 4.79 Å². The van der Waals surface area contributed by atoms with Crippen LogP contribution < -0.4 is 27.4 Å². The van der Waals surface area contributed by atoms with Gasteiger partial charge in [-0.15, -0.1) is 0 Å². The minimum atomic E-state index is -1.71. The van der Waals surface area contributed by atoms with E-state index in [1.807, 2.05) is 6.92 Å². The number of benzene rings is 1. The van der Waals surface area contributed by atoms with Crippen molar-refractivity contribution in [1.29, 1.82) is 0 Å². The highest BCUT2D eigenvalue weighted by Gasteiger charge is 2.32. The van der Waals surface area contributed by atoms with E-state index in [4.69, 9.17) is 11.5 Å². The fourth-order valence-electron chi connectivity index (χ4n) is 3.17. The second kappa shape index (κ2) is 14.4. The molecule has 1 aromatic carbocycles. The van der Waals surface area contributed by atoms with Gasteiger partial charge in [0.05, 0.1) is 18.9 Å². The fraction of sp³-hybridized carbons (Fsp3) is 0.478. The van der Waals surface area contributed by atoms with Gasteiger partial charge in [-0.05, 0) is 11.5 Å². The van der Waals surface area contributed by atoms with Crippen LogP contribution in [0.25, 0.3) is 0 Å². The predicted molar refractivity (Wildman–Crippen MR) is 127 cm³/mol. The molecule has 36 heavy (non-hydrogen) atoms. The number of rotatable bonds is 15. The minimum Gasteiger partial charge on any atom is -0.481 e. The molecule has 13 nitrogen and oxygen atoms in total. The lowest BCUT2D eigenvalue weighted by atomic mass is 9.99. The van der Waals surface area contributed by atoms with Crippen molar-refractivity contribution in [3.05, 3.63) is 35.9 Å². The zero-order valence-corrected chi connectivity index (χ0v) is 20.1. The van der Waals surface area contributed by atoms with Crippen molar-refractivity contribution >= 4 is 35.6 Å². The molecule has 0 aliphatic rings. The van der Waals surface area contributed by atoms with Gasteiger partial charge in [0.25, 0.3) is 0 Å². The van der Waals surface area contributed by atoms with E-state index in [-0.39, 0.29) is 12.3 Å². The summed E-state index contributed by atoms with van der Waals surface area (Å²) in [5.74, 6) is -6.89. The summed E-state index contributed by atoms with van der Waals surface area (Å²) >= 11 is 0. The maximum absolute atomic E-state index is 12.8. The summed E-state index contributed by atoms with van der Waals surface area (Å²) in [4.78, 5) is 72.5. The SMILES string of the molecule is CCC(C)C(N)C(=O)NC(CC(N)=O)C(=O)NC(CC(=O)O)C(=O)NC(Cc1ccccc1)C(=O)O. The second-order valence-electron chi connectivity index (χ2n) is 8.39. The van der Waals surface area contributed by atoms with E-state index < -0.39 is 72.6 Å². The third-order valence-corrected chi connectivity index (χ3v) is 5.51. The van der Waals surface area contributed by atoms with Gasteiger partial charge in [0.1, 0.15) is 18.1 Å². The Kier molecular flexibility index (Phi) is 12.0. The monoisotopic (exact) mass is 507 g/mol. The lowest BCUT2D eigenvalue weighted by molar-refractivity contribution is -0.143. The Morgan fingerprint density at radius 1 is 0.833 bits per heavy atom. The van der Waals surface area contributed by atoms with E-state index in [1.165, 1.54) is 0 Å². The van der Waals surface area contributed by atoms with Crippen LogP contribution in [0, 0.1) is 5.92 Å². The normalized spacial score (nSPS) is 14.9. The molecule has 0 aromatic heterocycles. The third kappa shape index (κ3) is 10.1. The zero-order chi connectivity index (χ0) is 27.4. The van der Waals surface area contributed by atoms with Crippen LogP contribution in [-0.4, -0.2) is 69.9 Å². The van der Waals surface area contributed by atoms with Crippen molar-refractivity contribution < 1.29 is 39.0 Å². The van der Waals surface area contributed by atoms with Crippen LogP contribution in [-0.2, 0) is 35.2 Å². The Hall–Kier alpha value is -4.00. The van der Waals surface area contributed by atoms with Gasteiger partial charge < -0.3 is 37.6 Å². The Bertz CT molecular complexity index is 955. The molecule has 0 fully saturated rings. The molecule has 1 rings (SSSR count). The lowest BCUT2D eigenvalue weighted by Gasteiger charge is -2.25. The highest BCUT2D eigenvalue weighted by Crippen LogP contribution is 2.07. The second-order valence-corrected chi connectivity index (χ2v) is 8.39. The van der Waals surface area contributed by atoms with Gasteiger partial charge in [-0.2, -0.15) is 0 Å². The number of amides is 4. The number of primary amides is 1. The Morgan fingerprint density at radius 2 is 1.33 bits per heavy atom. The molecule has 0 aliphatic heterocycles. The van der Waals surface area contributed by atoms with E-state index in [2.05, 4.69) is 16.0 Å². The van der Waals surface area contributed by atoms with Crippen molar-refractivity contribution in [3.63, 3.8) is 0 Å². The van der Waals surface area contributed by atoms with E-state index in [1.54, 1.807) is 37.3 Å². The van der Waals surface area contributed by atoms with Crippen LogP contribution in [0.2, 0.25) is 0 Å². The van der Waals surface area contributed by atoms with Crippen LogP contribution in [0.15, 0.2) is 30.3 Å². The first-order valence-corrected chi connectivity index (χ1v) is 11.3. The summed E-state index contributed by atoms with van der Waals surface area (Å²) in [6.45, 7) is 3.53. The molecule has 9 N–H and O–H groups in total. The first-order valence-electron chi connectivity index (χ1n) is 11.3. The molecule has 0 spiro atoms. The molecule has 0 heterocycles. The maximum atomic E-state index is 12.8. The quantitative estimate of drug-likeness (QED) is 0.146. The third-order valence-electron chi connectivity index (χ3n) is 5.51. The highest BCUT2D eigenvalue weighted by molar-refractivity contribution is 5.97. The number of nitrogens with one attached hydrogen (secondary N) is 3. The fourth-order valence-corrected chi connectivity index (χ4v) is 3.17. The summed E-state index contributed by atoms with van der Waals surface area (Å²) in [6, 6.07) is 2.76. The zero-order valence-electron chi connectivity index (χ0n) is 20.1. The Labute approximate surface area is 208 Å². The van der Waals surface area contributed by atoms with E-state index in [0.717, 1.165) is 0 Å². The molecule has 1 aromatic rings. The molecule has 5 unspecified atom stereocenters. The van der Waals surface area contributed by atoms with Gasteiger partial charge in [-0.1, -0.05) is 50.6 Å². The molecule has 5 atom stereocenters. The molecule has 0 saturated carbocycles. The number of aliphatic carboxylic acids is 2. The van der Waals surface area contributed by atoms with Crippen LogP contribution in [0.3, 0.4) is 0 Å². The molecule has 0 radical (unpaired) electrons. The van der Waals surface area contributed by atoms with Crippen molar-refractivity contribution in [3.8, 4) is 0 Å². The first-order chi connectivity index (χ1) is 16.8. The van der Waals surface area contributed by atoms with E-state index >= 15 is 0 Å². The maximum Gasteiger partial charge on any atom is 0.326 e. The molecule has 0 bridgehead atoms. The number of hydrogen-bond donors (Lipinski definition) is 7. The number of carboxylic acids is 2. The van der Waals surface area contributed by atoms with Crippen molar-refractivity contribution in [2.45, 2.75) is 63.7 Å². The molecule has 0 aliphatic carbocycles. The van der Waals surface area contributed by atoms with Gasteiger partial charge in [0.2, 0.25) is 23.6 Å². The topological polar surface area (TPSA) is 231 Å². The van der Waals surface area contributed by atoms with Gasteiger partial charge in [-0.3, -0.25) is 24.0 Å². The van der Waals surface area contributed by atoms with E-state index in [9.17, 15) is 39.0 Å². The molecule has 4 amide bonds. The number of carbonyl (C=O) groups excluding carboxylic acids is 4. The average Bonchev–Trinajstić information content (AvgIpc) is 2.81. The standard InChI is InChI=1S/C23H33N5O8/c1-3-12(2)19(25)22(34)27-14(10-17(24)29)20(32)26-15(11-18(30)31)21(33)28-16(23(35)36)9-13-7-5-4-6-8-13/h4-8,12,14-16,19H,3,9-11,25H2,1-2H3,(H2,24,29)(H,26,32)(H,27,34)(H,28,33)(H,30,31)(H,35,36). The van der Waals surface area contributed by atoms with Crippen LogP contribution >= 0.6 is 0 Å². The number of nitrogens with two attached hydrogens (primary N) is 2. The van der Waals surface area contributed by atoms with Gasteiger partial charge >= 0.3 is 11.9 Å². The highest BCUT2D eigenvalue weighted by atomic mass is 16.4. The Morgan fingerprint density at radius 3 is 1.81 bits per heavy atom. The van der Waals surface area contributed by atoms with Gasteiger partial charge in [0.15, 0.2) is 0 Å². The van der Waals surface area contributed by atoms with Crippen molar-refractivity contribution in [1.82, 2.24) is 16.0 Å². The van der Waals surface area contributed by atoms with Gasteiger partial charge in [0, 0.05) is 6.42 Å². The van der Waals surface area contributed by atoms with Crippen LogP contribution in [0.5, 0.6) is 0 Å². The number of carbonyl (C=O) groups is 6. The molecular weight excluding hydrogens is 474 g/mol. The van der Waals surface area contributed by atoms with Crippen molar-refractivity contribution in [2.24, 2.45) is 17.4 Å². The number of carboxylic acid groups (broad SMARTS) is 2. The summed E-state index contributed by atoms with van der Waals surface area (Å²) < 4.78 is 0. The molecule has 0 saturated heterocycles. The van der Waals surface area contributed by atoms with Crippen LogP contribution in [0.4, 0.5) is 0 Å². The predicted octanol–water partition coefficient (Wildman–Crippen LogP) is -1.51. The summed E-state index contributed by atoms with van der Waals surface area (Å²) in [7, 11) is 0. The number of hydrogen-bond acceptors (Lipinski definition) is 7. The smallest absolute Gasteiger partial charge is 0.326 e. The molecular formula is C23H33N5O8.